The SMILES string of the molecule is CC(C)OC(=O)N1C(=O)[C@H](O[Si](C(C)C)(C(C)C)C(C)C)[C@H]1CCF. The number of nitrogens with zero attached hydrogens (tertiary/aromatic N) is 1. The second kappa shape index (κ2) is 8.62. The van der Waals surface area contributed by atoms with Crippen molar-refractivity contribution < 1.29 is 23.1 Å². The zero-order chi connectivity index (χ0) is 19.5. The number of alkyl halides is 1. The zero-order valence-electron chi connectivity index (χ0n) is 16.8. The summed E-state index contributed by atoms with van der Waals surface area (Å²) in [7, 11) is -2.29. The third kappa shape index (κ3) is 4.24. The molecule has 2 amide bonds. The highest BCUT2D eigenvalue weighted by molar-refractivity contribution is 6.77. The van der Waals surface area contributed by atoms with Crippen molar-refractivity contribution in [2.45, 2.75) is 96.7 Å². The van der Waals surface area contributed by atoms with Crippen LogP contribution in [0.5, 0.6) is 0 Å². The fraction of sp³-hybridized carbons (Fsp3) is 0.889. The quantitative estimate of drug-likeness (QED) is 0.457. The lowest BCUT2D eigenvalue weighted by atomic mass is 9.96. The van der Waals surface area contributed by atoms with Crippen molar-refractivity contribution in [1.29, 1.82) is 0 Å². The van der Waals surface area contributed by atoms with Crippen LogP contribution in [0, 0.1) is 0 Å². The number of halogens is 1. The summed E-state index contributed by atoms with van der Waals surface area (Å²) in [6, 6.07) is -0.577. The van der Waals surface area contributed by atoms with Gasteiger partial charge in [0.2, 0.25) is 8.32 Å². The first-order valence-electron chi connectivity index (χ1n) is 9.28. The molecule has 1 rings (SSSR count). The number of carbonyl (C=O) groups excluding carboxylic acids is 2. The molecule has 0 spiro atoms. The Kier molecular flexibility index (Phi) is 7.62. The molecule has 2 atom stereocenters. The van der Waals surface area contributed by atoms with E-state index in [0.717, 1.165) is 4.90 Å². The highest BCUT2D eigenvalue weighted by Crippen LogP contribution is 2.45. The van der Waals surface area contributed by atoms with Crippen LogP contribution in [0.3, 0.4) is 0 Å². The molecule has 0 saturated carbocycles. The molecule has 5 nitrogen and oxygen atoms in total. The van der Waals surface area contributed by atoms with E-state index in [4.69, 9.17) is 9.16 Å². The Hall–Kier alpha value is -0.953. The van der Waals surface area contributed by atoms with E-state index in [1.807, 2.05) is 0 Å². The van der Waals surface area contributed by atoms with Crippen molar-refractivity contribution >= 4 is 20.3 Å². The number of hydrogen-bond acceptors (Lipinski definition) is 4. The largest absolute Gasteiger partial charge is 0.446 e. The molecule has 0 unspecified atom stereocenters. The molecule has 1 saturated heterocycles. The van der Waals surface area contributed by atoms with Crippen LogP contribution in [-0.2, 0) is 14.0 Å². The lowest BCUT2D eigenvalue weighted by Gasteiger charge is -2.51. The van der Waals surface area contributed by atoms with Crippen molar-refractivity contribution in [3.63, 3.8) is 0 Å². The molecule has 0 aromatic heterocycles. The smallest absolute Gasteiger partial charge is 0.417 e. The predicted octanol–water partition coefficient (Wildman–Crippen LogP) is 4.66. The molecule has 1 heterocycles. The monoisotopic (exact) mass is 375 g/mol. The van der Waals surface area contributed by atoms with E-state index in [9.17, 15) is 14.0 Å². The normalized spacial score (nSPS) is 21.5. The summed E-state index contributed by atoms with van der Waals surface area (Å²) < 4.78 is 24.7. The molecule has 0 aromatic carbocycles. The second-order valence-electron chi connectivity index (χ2n) is 8.04. The van der Waals surface area contributed by atoms with E-state index in [2.05, 4.69) is 41.5 Å². The first-order chi connectivity index (χ1) is 11.5. The van der Waals surface area contributed by atoms with Gasteiger partial charge in [0.15, 0.2) is 0 Å². The Morgan fingerprint density at radius 1 is 1.08 bits per heavy atom. The van der Waals surface area contributed by atoms with E-state index in [0.29, 0.717) is 16.6 Å². The zero-order valence-corrected chi connectivity index (χ0v) is 17.8. The van der Waals surface area contributed by atoms with Crippen LogP contribution < -0.4 is 0 Å². The minimum absolute atomic E-state index is 0.0857. The van der Waals surface area contributed by atoms with E-state index in [1.165, 1.54) is 0 Å². The highest BCUT2D eigenvalue weighted by Gasteiger charge is 2.57. The topological polar surface area (TPSA) is 55.8 Å². The van der Waals surface area contributed by atoms with E-state index < -0.39 is 39.1 Å². The van der Waals surface area contributed by atoms with Gasteiger partial charge in [0.05, 0.1) is 18.8 Å². The molecule has 0 radical (unpaired) electrons. The first-order valence-corrected chi connectivity index (χ1v) is 11.4. The summed E-state index contributed by atoms with van der Waals surface area (Å²) in [5.41, 5.74) is 0.925. The molecule has 0 aliphatic carbocycles. The minimum Gasteiger partial charge on any atom is -0.446 e. The summed E-state index contributed by atoms with van der Waals surface area (Å²) in [5.74, 6) is -0.400. The maximum absolute atomic E-state index is 13.0. The van der Waals surface area contributed by atoms with Gasteiger partial charge in [0.1, 0.15) is 6.10 Å². The number of hydrogen-bond donors (Lipinski definition) is 0. The van der Waals surface area contributed by atoms with Crippen LogP contribution in [0.25, 0.3) is 0 Å². The van der Waals surface area contributed by atoms with Gasteiger partial charge < -0.3 is 9.16 Å². The van der Waals surface area contributed by atoms with Crippen LogP contribution in [0.4, 0.5) is 9.18 Å². The number of amides is 2. The standard InChI is InChI=1S/C18H34FNO4Si/c1-11(2)23-18(22)20-15(9-10-19)16(17(20)21)24-25(12(3)4,13(5)6)14(7)8/h11-16H,9-10H2,1-8H3/t15-,16-/m1/s1. The molecule has 1 aliphatic heterocycles. The van der Waals surface area contributed by atoms with Crippen LogP contribution in [0.15, 0.2) is 0 Å². The maximum atomic E-state index is 13.0. The Bertz CT molecular complexity index is 460. The maximum Gasteiger partial charge on any atom is 0.417 e. The van der Waals surface area contributed by atoms with Crippen LogP contribution in [0.1, 0.15) is 61.8 Å². The minimum atomic E-state index is -2.29. The molecule has 25 heavy (non-hydrogen) atoms. The summed E-state index contributed by atoms with van der Waals surface area (Å²) in [6.45, 7) is 15.6. The summed E-state index contributed by atoms with van der Waals surface area (Å²) in [5, 5.41) is 0. The Morgan fingerprint density at radius 3 is 1.92 bits per heavy atom. The van der Waals surface area contributed by atoms with Crippen molar-refractivity contribution in [1.82, 2.24) is 4.90 Å². The van der Waals surface area contributed by atoms with E-state index in [1.54, 1.807) is 13.8 Å². The lowest BCUT2D eigenvalue weighted by molar-refractivity contribution is -0.161. The Labute approximate surface area is 152 Å². The molecule has 0 N–H and O–H groups in total. The average molecular weight is 376 g/mol. The predicted molar refractivity (Wildman–Crippen MR) is 98.8 cm³/mol. The molecule has 7 heteroatoms. The fourth-order valence-electron chi connectivity index (χ4n) is 4.15. The van der Waals surface area contributed by atoms with Gasteiger partial charge in [0, 0.05) is 0 Å². The third-order valence-electron chi connectivity index (χ3n) is 5.14. The summed E-state index contributed by atoms with van der Waals surface area (Å²) in [4.78, 5) is 25.8. The first kappa shape index (κ1) is 22.1. The number of rotatable bonds is 8. The van der Waals surface area contributed by atoms with Gasteiger partial charge in [-0.1, -0.05) is 41.5 Å². The van der Waals surface area contributed by atoms with Gasteiger partial charge in [0.25, 0.3) is 5.91 Å². The highest BCUT2D eigenvalue weighted by atomic mass is 28.4. The van der Waals surface area contributed by atoms with Gasteiger partial charge >= 0.3 is 6.09 Å². The van der Waals surface area contributed by atoms with Gasteiger partial charge in [-0.2, -0.15) is 0 Å². The fourth-order valence-corrected chi connectivity index (χ4v) is 9.67. The van der Waals surface area contributed by atoms with E-state index in [-0.39, 0.29) is 12.5 Å². The summed E-state index contributed by atoms with van der Waals surface area (Å²) in [6.07, 6.45) is -1.69. The second-order valence-corrected chi connectivity index (χ2v) is 13.4. The van der Waals surface area contributed by atoms with Crippen molar-refractivity contribution in [2.24, 2.45) is 0 Å². The number of imide groups is 1. The lowest BCUT2D eigenvalue weighted by Crippen LogP contribution is -2.71. The Balaban J connectivity index is 3.07. The van der Waals surface area contributed by atoms with Crippen LogP contribution in [0.2, 0.25) is 16.6 Å². The molecule has 0 aromatic rings. The van der Waals surface area contributed by atoms with Gasteiger partial charge in [-0.15, -0.1) is 0 Å². The molecule has 1 fully saturated rings. The van der Waals surface area contributed by atoms with Crippen LogP contribution in [-0.4, -0.2) is 50.1 Å². The molecule has 0 bridgehead atoms. The number of ether oxygens (including phenoxy) is 1. The van der Waals surface area contributed by atoms with Gasteiger partial charge in [-0.25, -0.2) is 9.69 Å². The van der Waals surface area contributed by atoms with Gasteiger partial charge in [-0.05, 0) is 36.9 Å². The molecular formula is C18H34FNO4Si. The van der Waals surface area contributed by atoms with E-state index >= 15 is 0 Å². The average Bonchev–Trinajstić information content (AvgIpc) is 2.45. The van der Waals surface area contributed by atoms with Crippen molar-refractivity contribution in [3.8, 4) is 0 Å². The Morgan fingerprint density at radius 2 is 1.56 bits per heavy atom. The number of β-lactam (4-membered cyclic amide) rings is 1. The van der Waals surface area contributed by atoms with Crippen LogP contribution >= 0.6 is 0 Å². The number of carbonyl (C=O) groups is 2. The third-order valence-corrected chi connectivity index (χ3v) is 11.2. The molecular weight excluding hydrogens is 341 g/mol. The van der Waals surface area contributed by atoms with Gasteiger partial charge in [-0.3, -0.25) is 9.18 Å². The summed E-state index contributed by atoms with van der Waals surface area (Å²) >= 11 is 0. The van der Waals surface area contributed by atoms with Crippen molar-refractivity contribution in [3.05, 3.63) is 0 Å². The molecule has 146 valence electrons. The van der Waals surface area contributed by atoms with Crippen molar-refractivity contribution in [2.75, 3.05) is 6.67 Å². The number of likely N-dealkylation sites (tertiary alicyclic amines) is 1. The molecule has 1 aliphatic rings.